The van der Waals surface area contributed by atoms with Crippen LogP contribution in [0.4, 0.5) is 5.82 Å². The standard InChI is InChI=1S/C21H24BrN3O2/c1-21(2)11-13-6-7-15(27-5)9-16(13)18(24-21)10-19(26)14-8-17(22)20(23-12-14)25(3)4/h6-9,12H,10-11H2,1-5H3. The highest BCUT2D eigenvalue weighted by Gasteiger charge is 2.28. The van der Waals surface area contributed by atoms with Gasteiger partial charge < -0.3 is 9.64 Å². The molecule has 0 unspecified atom stereocenters. The Morgan fingerprint density at radius 3 is 2.67 bits per heavy atom. The van der Waals surface area contributed by atoms with Crippen LogP contribution in [0, 0.1) is 0 Å². The Kier molecular flexibility index (Phi) is 5.38. The largest absolute Gasteiger partial charge is 0.497 e. The zero-order valence-electron chi connectivity index (χ0n) is 16.3. The lowest BCUT2D eigenvalue weighted by Gasteiger charge is -2.29. The van der Waals surface area contributed by atoms with Crippen LogP contribution in [0.25, 0.3) is 0 Å². The number of pyridine rings is 1. The van der Waals surface area contributed by atoms with E-state index in [2.05, 4.69) is 40.8 Å². The maximum atomic E-state index is 12.9. The van der Waals surface area contributed by atoms with Crippen molar-refractivity contribution in [3.63, 3.8) is 0 Å². The van der Waals surface area contributed by atoms with Crippen molar-refractivity contribution in [2.24, 2.45) is 4.99 Å². The third-order valence-corrected chi connectivity index (χ3v) is 5.17. The molecule has 0 spiro atoms. The van der Waals surface area contributed by atoms with Gasteiger partial charge >= 0.3 is 0 Å². The molecular formula is C21H24BrN3O2. The van der Waals surface area contributed by atoms with Crippen molar-refractivity contribution in [3.8, 4) is 5.75 Å². The number of methoxy groups -OCH3 is 1. The molecule has 2 heterocycles. The number of hydrogen-bond donors (Lipinski definition) is 0. The van der Waals surface area contributed by atoms with Crippen LogP contribution in [0.1, 0.15) is 41.8 Å². The Hall–Kier alpha value is -2.21. The number of fused-ring (bicyclic) bond motifs is 1. The first-order chi connectivity index (χ1) is 12.7. The van der Waals surface area contributed by atoms with Crippen LogP contribution in [0.2, 0.25) is 0 Å². The molecule has 1 aromatic heterocycles. The summed E-state index contributed by atoms with van der Waals surface area (Å²) in [6, 6.07) is 7.82. The molecule has 6 heteroatoms. The first kappa shape index (κ1) is 19.5. The van der Waals surface area contributed by atoms with Crippen molar-refractivity contribution in [2.45, 2.75) is 32.2 Å². The Bertz CT molecular complexity index is 920. The second kappa shape index (κ2) is 7.43. The normalized spacial score (nSPS) is 15.0. The van der Waals surface area contributed by atoms with Gasteiger partial charge in [0.05, 0.1) is 29.3 Å². The van der Waals surface area contributed by atoms with Crippen LogP contribution in [0.3, 0.4) is 0 Å². The van der Waals surface area contributed by atoms with Crippen molar-refractivity contribution in [3.05, 3.63) is 51.6 Å². The number of hydrogen-bond acceptors (Lipinski definition) is 5. The van der Waals surface area contributed by atoms with Crippen LogP contribution in [0.5, 0.6) is 5.75 Å². The molecule has 0 N–H and O–H groups in total. The van der Waals surface area contributed by atoms with Gasteiger partial charge in [-0.1, -0.05) is 6.07 Å². The minimum atomic E-state index is -0.231. The summed E-state index contributed by atoms with van der Waals surface area (Å²) in [6.45, 7) is 4.18. The number of carbonyl (C=O) groups is 1. The minimum absolute atomic E-state index is 0.00118. The van der Waals surface area contributed by atoms with E-state index in [-0.39, 0.29) is 17.7 Å². The van der Waals surface area contributed by atoms with Crippen LogP contribution >= 0.6 is 15.9 Å². The summed E-state index contributed by atoms with van der Waals surface area (Å²) in [5, 5.41) is 0. The van der Waals surface area contributed by atoms with Crippen LogP contribution in [0.15, 0.2) is 39.9 Å². The highest BCUT2D eigenvalue weighted by Crippen LogP contribution is 2.31. The molecule has 0 atom stereocenters. The molecule has 5 nitrogen and oxygen atoms in total. The average molecular weight is 430 g/mol. The summed E-state index contributed by atoms with van der Waals surface area (Å²) in [7, 11) is 5.47. The van der Waals surface area contributed by atoms with Crippen LogP contribution in [-0.2, 0) is 6.42 Å². The topological polar surface area (TPSA) is 54.8 Å². The number of anilines is 1. The van der Waals surface area contributed by atoms with E-state index >= 15 is 0 Å². The number of Topliss-reactive ketones (excluding diaryl/α,β-unsaturated/α-hetero) is 1. The molecule has 0 saturated heterocycles. The van der Waals surface area contributed by atoms with E-state index in [1.807, 2.05) is 37.2 Å². The lowest BCUT2D eigenvalue weighted by Crippen LogP contribution is -2.30. The Morgan fingerprint density at radius 1 is 1.30 bits per heavy atom. The lowest BCUT2D eigenvalue weighted by atomic mass is 9.85. The predicted molar refractivity (Wildman–Crippen MR) is 113 cm³/mol. The van der Waals surface area contributed by atoms with Gasteiger partial charge in [0, 0.05) is 31.4 Å². The molecule has 0 bridgehead atoms. The van der Waals surface area contributed by atoms with E-state index in [0.29, 0.717) is 5.56 Å². The summed E-state index contributed by atoms with van der Waals surface area (Å²) in [6.07, 6.45) is 2.71. The van der Waals surface area contributed by atoms with Gasteiger partial charge in [0.25, 0.3) is 0 Å². The molecule has 1 aromatic carbocycles. The molecule has 0 fully saturated rings. The molecular weight excluding hydrogens is 406 g/mol. The molecule has 0 amide bonds. The fourth-order valence-electron chi connectivity index (χ4n) is 3.34. The van der Waals surface area contributed by atoms with E-state index in [1.165, 1.54) is 5.56 Å². The smallest absolute Gasteiger partial charge is 0.170 e. The Labute approximate surface area is 168 Å². The van der Waals surface area contributed by atoms with Gasteiger partial charge in [-0.25, -0.2) is 4.98 Å². The van der Waals surface area contributed by atoms with Crippen LogP contribution < -0.4 is 9.64 Å². The SMILES string of the molecule is COc1ccc2c(c1)C(CC(=O)c1cnc(N(C)C)c(Br)c1)=NC(C)(C)C2. The second-order valence-electron chi connectivity index (χ2n) is 7.59. The van der Waals surface area contributed by atoms with Crippen molar-refractivity contribution < 1.29 is 9.53 Å². The van der Waals surface area contributed by atoms with Crippen molar-refractivity contribution in [1.82, 2.24) is 4.98 Å². The van der Waals surface area contributed by atoms with Gasteiger partial charge in [-0.3, -0.25) is 9.79 Å². The zero-order valence-corrected chi connectivity index (χ0v) is 17.9. The summed E-state index contributed by atoms with van der Waals surface area (Å²) < 4.78 is 6.16. The molecule has 27 heavy (non-hydrogen) atoms. The third-order valence-electron chi connectivity index (χ3n) is 4.58. The van der Waals surface area contributed by atoms with Gasteiger partial charge in [0.2, 0.25) is 0 Å². The minimum Gasteiger partial charge on any atom is -0.497 e. The number of aromatic nitrogens is 1. The third kappa shape index (κ3) is 4.21. The van der Waals surface area contributed by atoms with Crippen molar-refractivity contribution in [1.29, 1.82) is 0 Å². The van der Waals surface area contributed by atoms with E-state index in [9.17, 15) is 4.79 Å². The fraction of sp³-hybridized carbons (Fsp3) is 0.381. The summed E-state index contributed by atoms with van der Waals surface area (Å²) in [4.78, 5) is 24.1. The molecule has 2 aromatic rings. The molecule has 0 aliphatic carbocycles. The predicted octanol–water partition coefficient (Wildman–Crippen LogP) is 4.32. The highest BCUT2D eigenvalue weighted by molar-refractivity contribution is 9.10. The molecule has 1 aliphatic heterocycles. The maximum Gasteiger partial charge on any atom is 0.170 e. The first-order valence-electron chi connectivity index (χ1n) is 8.82. The van der Waals surface area contributed by atoms with Crippen LogP contribution in [-0.4, -0.2) is 43.2 Å². The zero-order chi connectivity index (χ0) is 19.8. The second-order valence-corrected chi connectivity index (χ2v) is 8.45. The fourth-order valence-corrected chi connectivity index (χ4v) is 4.04. The van der Waals surface area contributed by atoms with Crippen molar-refractivity contribution in [2.75, 3.05) is 26.1 Å². The van der Waals surface area contributed by atoms with Gasteiger partial charge in [-0.2, -0.15) is 0 Å². The number of halogens is 1. The Balaban J connectivity index is 1.93. The van der Waals surface area contributed by atoms with Gasteiger partial charge in [0.1, 0.15) is 11.6 Å². The van der Waals surface area contributed by atoms with E-state index < -0.39 is 0 Å². The number of nitrogens with zero attached hydrogens (tertiary/aromatic N) is 3. The lowest BCUT2D eigenvalue weighted by molar-refractivity contribution is 0.1000. The van der Waals surface area contributed by atoms with E-state index in [4.69, 9.17) is 9.73 Å². The molecule has 142 valence electrons. The molecule has 1 aliphatic rings. The first-order valence-corrected chi connectivity index (χ1v) is 9.61. The highest BCUT2D eigenvalue weighted by atomic mass is 79.9. The summed E-state index contributed by atoms with van der Waals surface area (Å²) >= 11 is 3.50. The van der Waals surface area contributed by atoms with Gasteiger partial charge in [-0.15, -0.1) is 0 Å². The summed E-state index contributed by atoms with van der Waals surface area (Å²) in [5.41, 5.74) is 3.34. The van der Waals surface area contributed by atoms with Gasteiger partial charge in [-0.05, 0) is 60.0 Å². The van der Waals surface area contributed by atoms with E-state index in [1.54, 1.807) is 13.3 Å². The number of rotatable bonds is 5. The number of ether oxygens (including phenoxy) is 1. The van der Waals surface area contributed by atoms with E-state index in [0.717, 1.165) is 33.7 Å². The maximum absolute atomic E-state index is 12.9. The average Bonchev–Trinajstić information content (AvgIpc) is 2.60. The molecule has 0 saturated carbocycles. The molecule has 3 rings (SSSR count). The number of ketones is 1. The Morgan fingerprint density at radius 2 is 2.04 bits per heavy atom. The number of aliphatic imine (C=N–C) groups is 1. The molecule has 0 radical (unpaired) electrons. The van der Waals surface area contributed by atoms with Crippen molar-refractivity contribution >= 4 is 33.2 Å². The monoisotopic (exact) mass is 429 g/mol. The number of carbonyl (C=O) groups excluding carboxylic acids is 1. The quantitative estimate of drug-likeness (QED) is 0.664. The number of benzene rings is 1. The van der Waals surface area contributed by atoms with Gasteiger partial charge in [0.15, 0.2) is 5.78 Å². The summed E-state index contributed by atoms with van der Waals surface area (Å²) in [5.74, 6) is 1.56.